The van der Waals surface area contributed by atoms with Crippen molar-refractivity contribution in [2.45, 2.75) is 38.6 Å². The van der Waals surface area contributed by atoms with E-state index in [2.05, 4.69) is 10.3 Å². The van der Waals surface area contributed by atoms with Gasteiger partial charge < -0.3 is 10.1 Å². The first kappa shape index (κ1) is 15.4. The van der Waals surface area contributed by atoms with Gasteiger partial charge in [-0.25, -0.2) is 4.98 Å². The maximum absolute atomic E-state index is 13.0. The van der Waals surface area contributed by atoms with E-state index in [4.69, 9.17) is 4.74 Å². The molecule has 1 heterocycles. The van der Waals surface area contributed by atoms with Crippen LogP contribution in [0, 0.1) is 11.9 Å². The predicted molar refractivity (Wildman–Crippen MR) is 74.0 cm³/mol. The van der Waals surface area contributed by atoms with Crippen LogP contribution in [0.3, 0.4) is 0 Å². The number of nitrogens with zero attached hydrogens (tertiary/aromatic N) is 1. The van der Waals surface area contributed by atoms with Gasteiger partial charge in [0, 0.05) is 6.04 Å². The van der Waals surface area contributed by atoms with E-state index in [0.29, 0.717) is 32.3 Å². The number of nitrogens with one attached hydrogen (secondary N) is 1. The highest BCUT2D eigenvalue weighted by Gasteiger charge is 2.28. The molecular formula is C15H19FN2O3. The number of ether oxygens (including phenoxy) is 1. The van der Waals surface area contributed by atoms with Gasteiger partial charge in [0.05, 0.1) is 12.5 Å². The van der Waals surface area contributed by atoms with Gasteiger partial charge in [-0.05, 0) is 44.7 Å². The van der Waals surface area contributed by atoms with Gasteiger partial charge >= 0.3 is 5.97 Å². The highest BCUT2D eigenvalue weighted by atomic mass is 19.1. The van der Waals surface area contributed by atoms with Crippen LogP contribution in [0.5, 0.6) is 0 Å². The van der Waals surface area contributed by atoms with E-state index in [-0.39, 0.29) is 29.5 Å². The summed E-state index contributed by atoms with van der Waals surface area (Å²) in [5, 5.41) is 2.83. The molecular weight excluding hydrogens is 275 g/mol. The van der Waals surface area contributed by atoms with E-state index in [1.54, 1.807) is 6.92 Å². The van der Waals surface area contributed by atoms with Crippen molar-refractivity contribution in [3.05, 3.63) is 29.8 Å². The van der Waals surface area contributed by atoms with Gasteiger partial charge in [0.1, 0.15) is 5.69 Å². The number of hydrogen-bond donors (Lipinski definition) is 1. The first-order valence-corrected chi connectivity index (χ1v) is 7.20. The fourth-order valence-electron chi connectivity index (χ4n) is 2.53. The van der Waals surface area contributed by atoms with Gasteiger partial charge in [-0.3, -0.25) is 9.59 Å². The maximum atomic E-state index is 13.0. The Morgan fingerprint density at radius 3 is 2.67 bits per heavy atom. The van der Waals surface area contributed by atoms with Crippen LogP contribution >= 0.6 is 0 Å². The summed E-state index contributed by atoms with van der Waals surface area (Å²) in [6, 6.07) is 4.12. The second-order valence-electron chi connectivity index (χ2n) is 5.12. The Morgan fingerprint density at radius 1 is 1.33 bits per heavy atom. The van der Waals surface area contributed by atoms with E-state index in [0.717, 1.165) is 0 Å². The molecule has 0 radical (unpaired) electrons. The van der Waals surface area contributed by atoms with Gasteiger partial charge in [-0.2, -0.15) is 4.39 Å². The van der Waals surface area contributed by atoms with Crippen molar-refractivity contribution in [1.82, 2.24) is 10.3 Å². The predicted octanol–water partition coefficient (Wildman–Crippen LogP) is 2.07. The number of halogens is 1. The molecule has 1 N–H and O–H groups in total. The molecule has 5 nitrogen and oxygen atoms in total. The summed E-state index contributed by atoms with van der Waals surface area (Å²) in [6.07, 6.45) is 2.82. The maximum Gasteiger partial charge on any atom is 0.308 e. The number of rotatable bonds is 4. The minimum absolute atomic E-state index is 0.00626. The van der Waals surface area contributed by atoms with Crippen LogP contribution in [0.1, 0.15) is 43.1 Å². The van der Waals surface area contributed by atoms with Crippen LogP contribution in [-0.4, -0.2) is 29.5 Å². The minimum Gasteiger partial charge on any atom is -0.466 e. The zero-order valence-corrected chi connectivity index (χ0v) is 12.0. The largest absolute Gasteiger partial charge is 0.466 e. The summed E-state index contributed by atoms with van der Waals surface area (Å²) in [5.41, 5.74) is 0.0718. The van der Waals surface area contributed by atoms with E-state index in [1.165, 1.54) is 18.2 Å². The Labute approximate surface area is 122 Å². The second-order valence-corrected chi connectivity index (χ2v) is 5.12. The second kappa shape index (κ2) is 7.15. The Hall–Kier alpha value is -1.98. The molecule has 1 aromatic rings. The molecule has 0 bridgehead atoms. The number of carbonyl (C=O) groups excluding carboxylic acids is 2. The molecule has 0 aromatic carbocycles. The van der Waals surface area contributed by atoms with E-state index in [9.17, 15) is 14.0 Å². The quantitative estimate of drug-likeness (QED) is 0.682. The summed E-state index contributed by atoms with van der Waals surface area (Å²) in [4.78, 5) is 27.1. The smallest absolute Gasteiger partial charge is 0.308 e. The Balaban J connectivity index is 1.83. The summed E-state index contributed by atoms with van der Waals surface area (Å²) in [5.74, 6) is -1.29. The highest BCUT2D eigenvalue weighted by Crippen LogP contribution is 2.25. The summed E-state index contributed by atoms with van der Waals surface area (Å²) in [7, 11) is 0. The van der Waals surface area contributed by atoms with Crippen LogP contribution in [0.4, 0.5) is 4.39 Å². The molecule has 2 rings (SSSR count). The molecule has 21 heavy (non-hydrogen) atoms. The monoisotopic (exact) mass is 294 g/mol. The zero-order valence-electron chi connectivity index (χ0n) is 12.0. The highest BCUT2D eigenvalue weighted by molar-refractivity contribution is 5.92. The lowest BCUT2D eigenvalue weighted by atomic mass is 9.86. The summed E-state index contributed by atoms with van der Waals surface area (Å²) in [6.45, 7) is 2.18. The Bertz CT molecular complexity index is 513. The Kier molecular flexibility index (Phi) is 5.25. The molecule has 114 valence electrons. The zero-order chi connectivity index (χ0) is 15.2. The average molecular weight is 294 g/mol. The third kappa shape index (κ3) is 4.24. The molecule has 1 aliphatic rings. The molecule has 0 atom stereocenters. The SMILES string of the molecule is CCOC(=O)C1CCC(NC(=O)c2cccc(F)n2)CC1. The lowest BCUT2D eigenvalue weighted by Gasteiger charge is -2.27. The lowest BCUT2D eigenvalue weighted by molar-refractivity contribution is -0.149. The van der Waals surface area contributed by atoms with Gasteiger partial charge in [0.2, 0.25) is 5.95 Å². The molecule has 0 unspecified atom stereocenters. The van der Waals surface area contributed by atoms with Crippen molar-refractivity contribution in [1.29, 1.82) is 0 Å². The van der Waals surface area contributed by atoms with Crippen molar-refractivity contribution in [3.8, 4) is 0 Å². The first-order chi connectivity index (χ1) is 10.1. The van der Waals surface area contributed by atoms with Gasteiger partial charge in [0.15, 0.2) is 0 Å². The number of pyridine rings is 1. The van der Waals surface area contributed by atoms with E-state index in [1.807, 2.05) is 0 Å². The van der Waals surface area contributed by atoms with Crippen LogP contribution in [-0.2, 0) is 9.53 Å². The fourth-order valence-corrected chi connectivity index (χ4v) is 2.53. The standard InChI is InChI=1S/C15H19FN2O3/c1-2-21-15(20)10-6-8-11(9-7-10)17-14(19)12-4-3-5-13(16)18-12/h3-5,10-11H,2,6-9H2,1H3,(H,17,19). The molecule has 6 heteroatoms. The van der Waals surface area contributed by atoms with Crippen molar-refractivity contribution < 1.29 is 18.7 Å². The Morgan fingerprint density at radius 2 is 2.05 bits per heavy atom. The van der Waals surface area contributed by atoms with Crippen molar-refractivity contribution >= 4 is 11.9 Å². The normalized spacial score (nSPS) is 21.6. The molecule has 1 aromatic heterocycles. The number of amides is 1. The topological polar surface area (TPSA) is 68.3 Å². The number of carbonyl (C=O) groups is 2. The molecule has 1 amide bonds. The average Bonchev–Trinajstić information content (AvgIpc) is 2.48. The van der Waals surface area contributed by atoms with E-state index >= 15 is 0 Å². The van der Waals surface area contributed by atoms with Gasteiger partial charge in [-0.15, -0.1) is 0 Å². The molecule has 0 aliphatic heterocycles. The fraction of sp³-hybridized carbons (Fsp3) is 0.533. The third-order valence-corrected chi connectivity index (χ3v) is 3.63. The molecule has 0 saturated heterocycles. The molecule has 1 fully saturated rings. The minimum atomic E-state index is -0.673. The third-order valence-electron chi connectivity index (χ3n) is 3.63. The lowest BCUT2D eigenvalue weighted by Crippen LogP contribution is -2.39. The summed E-state index contributed by atoms with van der Waals surface area (Å²) < 4.78 is 18.0. The number of aromatic nitrogens is 1. The van der Waals surface area contributed by atoms with Crippen molar-refractivity contribution in [3.63, 3.8) is 0 Å². The first-order valence-electron chi connectivity index (χ1n) is 7.20. The molecule has 1 saturated carbocycles. The van der Waals surface area contributed by atoms with Gasteiger partial charge in [0.25, 0.3) is 5.91 Å². The van der Waals surface area contributed by atoms with Crippen LogP contribution < -0.4 is 5.32 Å². The number of esters is 1. The van der Waals surface area contributed by atoms with Crippen LogP contribution in [0.2, 0.25) is 0 Å². The molecule has 1 aliphatic carbocycles. The van der Waals surface area contributed by atoms with E-state index < -0.39 is 5.95 Å². The van der Waals surface area contributed by atoms with Gasteiger partial charge in [-0.1, -0.05) is 6.07 Å². The van der Waals surface area contributed by atoms with Crippen molar-refractivity contribution in [2.24, 2.45) is 5.92 Å². The van der Waals surface area contributed by atoms with Crippen LogP contribution in [0.25, 0.3) is 0 Å². The summed E-state index contributed by atoms with van der Waals surface area (Å²) >= 11 is 0. The molecule has 0 spiro atoms. The van der Waals surface area contributed by atoms with Crippen molar-refractivity contribution in [2.75, 3.05) is 6.61 Å². The van der Waals surface area contributed by atoms with Crippen LogP contribution in [0.15, 0.2) is 18.2 Å². The number of hydrogen-bond acceptors (Lipinski definition) is 4.